The van der Waals surface area contributed by atoms with Gasteiger partial charge in [-0.3, -0.25) is 4.79 Å². The van der Waals surface area contributed by atoms with Crippen molar-refractivity contribution in [3.63, 3.8) is 0 Å². The molecule has 1 amide bonds. The Morgan fingerprint density at radius 3 is 2.81 bits per heavy atom. The van der Waals surface area contributed by atoms with Gasteiger partial charge in [0.1, 0.15) is 12.4 Å². The highest BCUT2D eigenvalue weighted by atomic mass is 16.5. The molecule has 0 bridgehead atoms. The molecule has 0 aliphatic carbocycles. The number of ether oxygens (including phenoxy) is 3. The monoisotopic (exact) mass is 366 g/mol. The maximum Gasteiger partial charge on any atom is 0.271 e. The Morgan fingerprint density at radius 1 is 1.22 bits per heavy atom. The number of terminal acetylenes is 1. The lowest BCUT2D eigenvalue weighted by atomic mass is 10.2. The number of hydrogen-bond donors (Lipinski definition) is 1. The first-order valence-corrected chi connectivity index (χ1v) is 8.48. The smallest absolute Gasteiger partial charge is 0.271 e. The molecule has 0 atom stereocenters. The molecule has 6 nitrogen and oxygen atoms in total. The van der Waals surface area contributed by atoms with Crippen LogP contribution >= 0.6 is 0 Å². The number of carbonyl (C=O) groups is 1. The summed E-state index contributed by atoms with van der Waals surface area (Å²) in [5.41, 5.74) is 3.67. The number of carbonyl (C=O) groups excluding carboxylic acids is 1. The quantitative estimate of drug-likeness (QED) is 0.420. The van der Waals surface area contributed by atoms with Crippen LogP contribution in [0.15, 0.2) is 47.6 Å². The van der Waals surface area contributed by atoms with Crippen molar-refractivity contribution in [3.8, 4) is 29.6 Å². The molecule has 0 aliphatic heterocycles. The molecule has 0 aromatic heterocycles. The SMILES string of the molecule is C#CCOc1cccc(/C=N/NC(=O)c2ccc(OCCC)c(OC)c2)c1. The highest BCUT2D eigenvalue weighted by molar-refractivity contribution is 5.95. The molecule has 140 valence electrons. The number of rotatable bonds is 9. The van der Waals surface area contributed by atoms with Crippen LogP contribution in [-0.2, 0) is 0 Å². The summed E-state index contributed by atoms with van der Waals surface area (Å²) in [5, 5.41) is 3.97. The molecule has 27 heavy (non-hydrogen) atoms. The topological polar surface area (TPSA) is 69.2 Å². The van der Waals surface area contributed by atoms with Crippen LogP contribution in [-0.4, -0.2) is 32.4 Å². The zero-order valence-corrected chi connectivity index (χ0v) is 15.4. The fourth-order valence-corrected chi connectivity index (χ4v) is 2.18. The van der Waals surface area contributed by atoms with Gasteiger partial charge in [-0.25, -0.2) is 5.43 Å². The van der Waals surface area contributed by atoms with Crippen LogP contribution in [0.3, 0.4) is 0 Å². The van der Waals surface area contributed by atoms with E-state index in [1.165, 1.54) is 13.3 Å². The lowest BCUT2D eigenvalue weighted by molar-refractivity contribution is 0.0954. The first-order chi connectivity index (χ1) is 13.2. The van der Waals surface area contributed by atoms with Gasteiger partial charge in [-0.1, -0.05) is 25.0 Å². The molecule has 0 saturated carbocycles. The van der Waals surface area contributed by atoms with Gasteiger partial charge < -0.3 is 14.2 Å². The van der Waals surface area contributed by atoms with Gasteiger partial charge in [0.15, 0.2) is 11.5 Å². The lowest BCUT2D eigenvalue weighted by Crippen LogP contribution is -2.17. The van der Waals surface area contributed by atoms with Crippen molar-refractivity contribution >= 4 is 12.1 Å². The Kier molecular flexibility index (Phi) is 7.73. The van der Waals surface area contributed by atoms with Gasteiger partial charge in [-0.05, 0) is 42.3 Å². The number of amides is 1. The maximum atomic E-state index is 12.3. The first-order valence-electron chi connectivity index (χ1n) is 8.48. The Morgan fingerprint density at radius 2 is 2.07 bits per heavy atom. The van der Waals surface area contributed by atoms with Crippen LogP contribution in [0, 0.1) is 12.3 Å². The Balaban J connectivity index is 2.01. The summed E-state index contributed by atoms with van der Waals surface area (Å²) in [7, 11) is 1.53. The summed E-state index contributed by atoms with van der Waals surface area (Å²) in [4.78, 5) is 12.3. The van der Waals surface area contributed by atoms with E-state index in [4.69, 9.17) is 20.6 Å². The van der Waals surface area contributed by atoms with Crippen LogP contribution in [0.2, 0.25) is 0 Å². The second-order valence-corrected chi connectivity index (χ2v) is 5.48. The second kappa shape index (κ2) is 10.5. The van der Waals surface area contributed by atoms with Crippen LogP contribution in [0.25, 0.3) is 0 Å². The molecule has 0 unspecified atom stereocenters. The summed E-state index contributed by atoms with van der Waals surface area (Å²) in [6, 6.07) is 12.2. The molecule has 2 aromatic rings. The largest absolute Gasteiger partial charge is 0.493 e. The zero-order valence-electron chi connectivity index (χ0n) is 15.4. The van der Waals surface area contributed by atoms with Crippen LogP contribution in [0.4, 0.5) is 0 Å². The molecule has 0 spiro atoms. The third kappa shape index (κ3) is 6.08. The Bertz CT molecular complexity index is 840. The van der Waals surface area contributed by atoms with E-state index >= 15 is 0 Å². The molecule has 0 saturated heterocycles. The molecule has 6 heteroatoms. The molecule has 0 heterocycles. The fourth-order valence-electron chi connectivity index (χ4n) is 2.18. The number of methoxy groups -OCH3 is 1. The molecule has 2 rings (SSSR count). The predicted octanol–water partition coefficient (Wildman–Crippen LogP) is 3.26. The predicted molar refractivity (Wildman–Crippen MR) is 105 cm³/mol. The van der Waals surface area contributed by atoms with Crippen molar-refractivity contribution in [3.05, 3.63) is 53.6 Å². The lowest BCUT2D eigenvalue weighted by Gasteiger charge is -2.11. The van der Waals surface area contributed by atoms with Crippen LogP contribution in [0.5, 0.6) is 17.2 Å². The molecular weight excluding hydrogens is 344 g/mol. The van der Waals surface area contributed by atoms with Crippen molar-refractivity contribution in [2.75, 3.05) is 20.3 Å². The number of benzene rings is 2. The average Bonchev–Trinajstić information content (AvgIpc) is 2.70. The number of nitrogens with zero attached hydrogens (tertiary/aromatic N) is 1. The maximum absolute atomic E-state index is 12.3. The summed E-state index contributed by atoms with van der Waals surface area (Å²) in [5.74, 6) is 3.78. The molecule has 1 N–H and O–H groups in total. The van der Waals surface area contributed by atoms with Crippen molar-refractivity contribution in [1.82, 2.24) is 5.43 Å². The van der Waals surface area contributed by atoms with E-state index in [-0.39, 0.29) is 12.5 Å². The minimum Gasteiger partial charge on any atom is -0.493 e. The number of hydrazone groups is 1. The van der Waals surface area contributed by atoms with E-state index in [1.54, 1.807) is 30.3 Å². The zero-order chi connectivity index (χ0) is 19.5. The Hall–Kier alpha value is -3.46. The van der Waals surface area contributed by atoms with Gasteiger partial charge in [0.2, 0.25) is 0 Å². The van der Waals surface area contributed by atoms with Gasteiger partial charge in [-0.2, -0.15) is 5.10 Å². The second-order valence-electron chi connectivity index (χ2n) is 5.48. The fraction of sp³-hybridized carbons (Fsp3) is 0.238. The number of hydrogen-bond acceptors (Lipinski definition) is 5. The molecule has 0 radical (unpaired) electrons. The summed E-state index contributed by atoms with van der Waals surface area (Å²) in [6.07, 6.45) is 7.58. The van der Waals surface area contributed by atoms with Crippen molar-refractivity contribution in [1.29, 1.82) is 0 Å². The standard InChI is InChI=1S/C21H22N2O4/c1-4-11-26-18-8-6-7-16(13-18)15-22-23-21(24)17-9-10-19(27-12-5-2)20(14-17)25-3/h1,6-10,13-15H,5,11-12H2,2-3H3,(H,23,24)/b22-15+. The normalized spacial score (nSPS) is 10.3. The minimum atomic E-state index is -0.355. The van der Waals surface area contributed by atoms with Gasteiger partial charge in [0.25, 0.3) is 5.91 Å². The van der Waals surface area contributed by atoms with Gasteiger partial charge in [0.05, 0.1) is 19.9 Å². The average molecular weight is 366 g/mol. The van der Waals surface area contributed by atoms with E-state index in [0.717, 1.165) is 12.0 Å². The van der Waals surface area contributed by atoms with E-state index in [0.29, 0.717) is 29.4 Å². The molecule has 0 fully saturated rings. The van der Waals surface area contributed by atoms with Crippen molar-refractivity contribution in [2.45, 2.75) is 13.3 Å². The highest BCUT2D eigenvalue weighted by Gasteiger charge is 2.10. The van der Waals surface area contributed by atoms with E-state index < -0.39 is 0 Å². The minimum absolute atomic E-state index is 0.192. The first kappa shape index (κ1) is 19.9. The van der Waals surface area contributed by atoms with E-state index in [2.05, 4.69) is 16.4 Å². The molecule has 0 aliphatic rings. The van der Waals surface area contributed by atoms with Crippen LogP contribution < -0.4 is 19.6 Å². The third-order valence-electron chi connectivity index (χ3n) is 3.45. The highest BCUT2D eigenvalue weighted by Crippen LogP contribution is 2.28. The molecular formula is C21H22N2O4. The van der Waals surface area contributed by atoms with E-state index in [9.17, 15) is 4.79 Å². The number of nitrogens with one attached hydrogen (secondary N) is 1. The summed E-state index contributed by atoms with van der Waals surface area (Å²) in [6.45, 7) is 2.79. The van der Waals surface area contributed by atoms with Gasteiger partial charge in [-0.15, -0.1) is 6.42 Å². The van der Waals surface area contributed by atoms with E-state index in [1.807, 2.05) is 19.1 Å². The summed E-state index contributed by atoms with van der Waals surface area (Å²) >= 11 is 0. The van der Waals surface area contributed by atoms with Crippen LogP contribution in [0.1, 0.15) is 29.3 Å². The van der Waals surface area contributed by atoms with Crippen molar-refractivity contribution < 1.29 is 19.0 Å². The van der Waals surface area contributed by atoms with Gasteiger partial charge >= 0.3 is 0 Å². The third-order valence-corrected chi connectivity index (χ3v) is 3.45. The Labute approximate surface area is 159 Å². The summed E-state index contributed by atoms with van der Waals surface area (Å²) < 4.78 is 16.2. The van der Waals surface area contributed by atoms with Gasteiger partial charge in [0, 0.05) is 5.56 Å². The van der Waals surface area contributed by atoms with Crippen molar-refractivity contribution in [2.24, 2.45) is 5.10 Å². The molecule has 2 aromatic carbocycles.